The van der Waals surface area contributed by atoms with Crippen molar-refractivity contribution in [3.05, 3.63) is 33.9 Å². The zero-order valence-electron chi connectivity index (χ0n) is 22.7. The molecule has 2 aliphatic heterocycles. The number of piperidine rings is 1. The molecule has 2 aromatic rings. The number of halogens is 1. The van der Waals surface area contributed by atoms with E-state index in [-0.39, 0.29) is 112 Å². The van der Waals surface area contributed by atoms with E-state index < -0.39 is 50.8 Å². The van der Waals surface area contributed by atoms with Crippen LogP contribution in [-0.2, 0) is 79.3 Å². The van der Waals surface area contributed by atoms with Gasteiger partial charge in [-0.2, -0.15) is 0 Å². The number of hydrogen-bond donors (Lipinski definition) is 2. The number of pyridine rings is 1. The molecule has 216 valence electrons. The molecule has 3 atom stereocenters. The first-order valence-corrected chi connectivity index (χ1v) is 15.4. The minimum atomic E-state index is -4.73. The maximum atomic E-state index is 15.8. The molecule has 2 radical (unpaired) electrons. The number of nitrogens with zero attached hydrogens (tertiary/aromatic N) is 3. The van der Waals surface area contributed by atoms with E-state index in [1.54, 1.807) is 9.80 Å². The molecule has 0 bridgehead atoms. The van der Waals surface area contributed by atoms with E-state index in [2.05, 4.69) is 0 Å². The third-order valence-electron chi connectivity index (χ3n) is 8.01. The third-order valence-corrected chi connectivity index (χ3v) is 10.6. The number of rotatable bonds is 8. The minimum Gasteiger partial charge on any atom is -0.492 e. The average Bonchev–Trinajstić information content (AvgIpc) is 3.63. The number of Topliss-reactive ketones (excluding diaryl/α,β-unsaturated/α-hetero) is 1. The normalized spacial score (nSPS) is 21.2. The SMILES string of the molecule is COc1c(N2C[C@@H]3CCCN(C(=O)CC(P=O)P(=O)(O)O)[C@@H]3C2)c(F)cc2c(=O)c(C(C)=O)cn(C3CC3)c12.[Y].[Y]. The Hall–Kier alpha value is -0.442. The molecular weight excluding hydrogens is 729 g/mol. The van der Waals surface area contributed by atoms with Crippen LogP contribution in [0.15, 0.2) is 17.1 Å². The molecular formula is C25H30FN3O8P2Y2. The molecule has 1 saturated carbocycles. The number of carbonyl (C=O) groups is 2. The number of amides is 1. The predicted octanol–water partition coefficient (Wildman–Crippen LogP) is 3.29. The van der Waals surface area contributed by atoms with Gasteiger partial charge in [-0.3, -0.25) is 23.5 Å². The number of carbonyl (C=O) groups excluding carboxylic acids is 2. The summed E-state index contributed by atoms with van der Waals surface area (Å²) in [6, 6.07) is 0.886. The van der Waals surface area contributed by atoms with Gasteiger partial charge in [-0.15, -0.1) is 0 Å². The van der Waals surface area contributed by atoms with Crippen molar-refractivity contribution in [1.82, 2.24) is 9.47 Å². The standard InChI is InChI=1S/C25H30FN3O8P2.2Y/c1-13(30)17-11-29(15-5-6-15)22-16(24(17)32)8-18(26)23(25(22)37-2)27-10-14-4-3-7-28(19(14)12-27)20(31)9-21(38-33)39(34,35)36;;/h8,11,14-15,19,21H,3-7,9-10,12H2,1-2H3,(H2,34,35,36);;/t14-,19+,21?;;/m0../s1. The van der Waals surface area contributed by atoms with E-state index in [4.69, 9.17) is 4.74 Å². The maximum absolute atomic E-state index is 15.8. The Labute approximate surface area is 288 Å². The van der Waals surface area contributed by atoms with Gasteiger partial charge in [0.1, 0.15) is 11.1 Å². The second-order valence-electron chi connectivity index (χ2n) is 10.5. The second-order valence-corrected chi connectivity index (χ2v) is 13.6. The van der Waals surface area contributed by atoms with Gasteiger partial charge in [-0.05, 0) is 44.6 Å². The summed E-state index contributed by atoms with van der Waals surface area (Å²) in [5, 5.41) is -1.54. The predicted molar refractivity (Wildman–Crippen MR) is 141 cm³/mol. The fourth-order valence-electron chi connectivity index (χ4n) is 5.99. The molecule has 0 spiro atoms. The van der Waals surface area contributed by atoms with Crippen LogP contribution in [0.3, 0.4) is 0 Å². The molecule has 2 N–H and O–H groups in total. The molecule has 2 saturated heterocycles. The van der Waals surface area contributed by atoms with Crippen LogP contribution in [0.2, 0.25) is 0 Å². The van der Waals surface area contributed by atoms with Crippen LogP contribution in [0.5, 0.6) is 5.75 Å². The monoisotopic (exact) mass is 759 g/mol. The van der Waals surface area contributed by atoms with Crippen molar-refractivity contribution in [2.45, 2.75) is 56.5 Å². The maximum Gasteiger partial charge on any atom is 0.340 e. The van der Waals surface area contributed by atoms with E-state index in [0.717, 1.165) is 25.3 Å². The molecule has 1 aromatic carbocycles. The van der Waals surface area contributed by atoms with Crippen LogP contribution in [0, 0.1) is 11.7 Å². The van der Waals surface area contributed by atoms with E-state index in [9.17, 15) is 33.3 Å². The molecule has 1 amide bonds. The summed E-state index contributed by atoms with van der Waals surface area (Å²) in [6.45, 7) is 2.35. The number of anilines is 1. The second kappa shape index (κ2) is 13.7. The van der Waals surface area contributed by atoms with Gasteiger partial charge in [-0.25, -0.2) is 4.39 Å². The smallest absolute Gasteiger partial charge is 0.340 e. The van der Waals surface area contributed by atoms with Crippen molar-refractivity contribution in [3.8, 4) is 5.75 Å². The fourth-order valence-corrected chi connectivity index (χ4v) is 7.10. The number of methoxy groups -OCH3 is 1. The van der Waals surface area contributed by atoms with Crippen molar-refractivity contribution in [2.24, 2.45) is 5.92 Å². The van der Waals surface area contributed by atoms with Gasteiger partial charge < -0.3 is 28.9 Å². The van der Waals surface area contributed by atoms with Crippen molar-refractivity contribution in [1.29, 1.82) is 0 Å². The van der Waals surface area contributed by atoms with E-state index in [0.29, 0.717) is 25.0 Å². The summed E-state index contributed by atoms with van der Waals surface area (Å²) in [5.74, 6) is -1.42. The van der Waals surface area contributed by atoms with Gasteiger partial charge in [0.2, 0.25) is 5.91 Å². The number of ketones is 1. The van der Waals surface area contributed by atoms with Crippen LogP contribution in [0.1, 0.15) is 55.4 Å². The summed E-state index contributed by atoms with van der Waals surface area (Å²) >= 11 is 0. The summed E-state index contributed by atoms with van der Waals surface area (Å²) < 4.78 is 46.3. The third kappa shape index (κ3) is 6.80. The molecule has 3 fully saturated rings. The zero-order chi connectivity index (χ0) is 28.2. The quantitative estimate of drug-likeness (QED) is 0.306. The minimum absolute atomic E-state index is 0. The van der Waals surface area contributed by atoms with Crippen molar-refractivity contribution in [3.63, 3.8) is 0 Å². The van der Waals surface area contributed by atoms with Crippen LogP contribution < -0.4 is 15.1 Å². The largest absolute Gasteiger partial charge is 0.492 e. The van der Waals surface area contributed by atoms with Crippen LogP contribution >= 0.6 is 16.1 Å². The van der Waals surface area contributed by atoms with Gasteiger partial charge in [0.05, 0.1) is 36.0 Å². The number of aromatic nitrogens is 1. The Morgan fingerprint density at radius 3 is 2.46 bits per heavy atom. The molecule has 3 heterocycles. The van der Waals surface area contributed by atoms with E-state index in [1.165, 1.54) is 20.2 Å². The first-order chi connectivity index (χ1) is 18.5. The number of hydrogen-bond acceptors (Lipinski definition) is 7. The molecule has 41 heavy (non-hydrogen) atoms. The number of fused-ring (bicyclic) bond motifs is 2. The van der Waals surface area contributed by atoms with Crippen LogP contribution in [0.4, 0.5) is 10.1 Å². The van der Waals surface area contributed by atoms with Crippen molar-refractivity contribution < 1.29 is 103 Å². The number of ether oxygens (including phenoxy) is 1. The van der Waals surface area contributed by atoms with Gasteiger partial charge in [0, 0.05) is 97.3 Å². The Bertz CT molecular complexity index is 1480. The van der Waals surface area contributed by atoms with Gasteiger partial charge >= 0.3 is 7.60 Å². The van der Waals surface area contributed by atoms with Crippen LogP contribution in [0.25, 0.3) is 10.9 Å². The zero-order valence-corrected chi connectivity index (χ0v) is 30.2. The van der Waals surface area contributed by atoms with Crippen molar-refractivity contribution >= 4 is 44.3 Å². The van der Waals surface area contributed by atoms with Gasteiger partial charge in [0.25, 0.3) is 0 Å². The summed E-state index contributed by atoms with van der Waals surface area (Å²) in [5.41, 5.74) is 0.0359. The molecule has 1 aliphatic carbocycles. The number of likely N-dealkylation sites (tertiary alicyclic amines) is 1. The Morgan fingerprint density at radius 1 is 1.22 bits per heavy atom. The molecule has 1 aromatic heterocycles. The molecule has 5 rings (SSSR count). The molecule has 3 aliphatic rings. The summed E-state index contributed by atoms with van der Waals surface area (Å²) in [6.07, 6.45) is 4.13. The first kappa shape index (κ1) is 35.0. The Balaban J connectivity index is 0.00000231. The topological polar surface area (TPSA) is 146 Å². The Kier molecular flexibility index (Phi) is 11.7. The van der Waals surface area contributed by atoms with Gasteiger partial charge in [0.15, 0.2) is 31.2 Å². The van der Waals surface area contributed by atoms with Gasteiger partial charge in [-0.1, -0.05) is 0 Å². The van der Waals surface area contributed by atoms with Crippen molar-refractivity contribution in [2.75, 3.05) is 31.6 Å². The molecule has 11 nitrogen and oxygen atoms in total. The first-order valence-electron chi connectivity index (χ1n) is 12.8. The molecule has 16 heteroatoms. The molecule has 1 unspecified atom stereocenters. The van der Waals surface area contributed by atoms with E-state index >= 15 is 4.39 Å². The number of benzene rings is 1. The summed E-state index contributed by atoms with van der Waals surface area (Å²) in [7, 11) is -4.12. The Morgan fingerprint density at radius 2 is 1.90 bits per heavy atom. The fraction of sp³-hybridized carbons (Fsp3) is 0.560. The summed E-state index contributed by atoms with van der Waals surface area (Å²) in [4.78, 5) is 60.6. The average molecular weight is 759 g/mol. The van der Waals surface area contributed by atoms with E-state index in [1.807, 2.05) is 4.57 Å². The van der Waals surface area contributed by atoms with Crippen LogP contribution in [-0.4, -0.2) is 69.1 Å².